The predicted octanol–water partition coefficient (Wildman–Crippen LogP) is 2.19. The summed E-state index contributed by atoms with van der Waals surface area (Å²) in [6.45, 7) is 0. The van der Waals surface area contributed by atoms with Crippen LogP contribution in [0.1, 0.15) is 27.9 Å². The van der Waals surface area contributed by atoms with Crippen LogP contribution in [0.2, 0.25) is 0 Å². The second-order valence-electron chi connectivity index (χ2n) is 3.12. The third-order valence-corrected chi connectivity index (χ3v) is 2.10. The molecule has 0 saturated carbocycles. The molecule has 0 aliphatic heterocycles. The largest absolute Gasteiger partial charge is 0.465 e. The molecule has 0 aliphatic carbocycles. The van der Waals surface area contributed by atoms with Crippen molar-refractivity contribution < 1.29 is 23.2 Å². The Morgan fingerprint density at radius 1 is 1.56 bits per heavy atom. The van der Waals surface area contributed by atoms with E-state index in [1.165, 1.54) is 6.07 Å². The molecule has 6 nitrogen and oxygen atoms in total. The molecular weight excluding hydrogens is 250 g/mol. The van der Waals surface area contributed by atoms with Crippen molar-refractivity contribution in [1.29, 1.82) is 5.26 Å². The van der Waals surface area contributed by atoms with Crippen LogP contribution in [0.25, 0.3) is 0 Å². The van der Waals surface area contributed by atoms with E-state index < -0.39 is 34.1 Å². The van der Waals surface area contributed by atoms with Crippen LogP contribution < -0.4 is 0 Å². The minimum Gasteiger partial charge on any atom is -0.465 e. The van der Waals surface area contributed by atoms with Gasteiger partial charge in [-0.1, -0.05) is 0 Å². The number of rotatable bonds is 3. The van der Waals surface area contributed by atoms with Gasteiger partial charge in [-0.05, 0) is 6.07 Å². The molecule has 0 atom stereocenters. The molecule has 0 N–H and O–H groups in total. The lowest BCUT2D eigenvalue weighted by Crippen LogP contribution is -2.10. The number of esters is 1. The Morgan fingerprint density at radius 2 is 2.17 bits per heavy atom. The summed E-state index contributed by atoms with van der Waals surface area (Å²) in [6, 6.07) is 2.99. The number of hydrogen-bond acceptors (Lipinski definition) is 5. The highest BCUT2D eigenvalue weighted by molar-refractivity contribution is 5.96. The number of nitriles is 1. The van der Waals surface area contributed by atoms with Crippen LogP contribution in [-0.2, 0) is 4.74 Å². The van der Waals surface area contributed by atoms with Gasteiger partial charge in [0.2, 0.25) is 0 Å². The molecule has 1 rings (SSSR count). The monoisotopic (exact) mass is 256 g/mol. The number of benzene rings is 1. The fourth-order valence-electron chi connectivity index (χ4n) is 1.35. The summed E-state index contributed by atoms with van der Waals surface area (Å²) in [5, 5.41) is 19.3. The standard InChI is InChI=1S/C10H6F2N2O4/c1-18-10(15)8-6(9(11)12)2-5(4-13)3-7(8)14(16)17/h2-3,9H,1H3. The molecule has 0 fully saturated rings. The average molecular weight is 256 g/mol. The van der Waals surface area contributed by atoms with Gasteiger partial charge in [-0.3, -0.25) is 10.1 Å². The molecule has 18 heavy (non-hydrogen) atoms. The maximum absolute atomic E-state index is 12.7. The molecule has 94 valence electrons. The molecule has 0 amide bonds. The lowest BCUT2D eigenvalue weighted by Gasteiger charge is -2.08. The van der Waals surface area contributed by atoms with Crippen molar-refractivity contribution in [3.05, 3.63) is 38.9 Å². The van der Waals surface area contributed by atoms with E-state index >= 15 is 0 Å². The van der Waals surface area contributed by atoms with Crippen molar-refractivity contribution in [2.24, 2.45) is 0 Å². The molecule has 0 radical (unpaired) electrons. The number of carbonyl (C=O) groups is 1. The van der Waals surface area contributed by atoms with E-state index in [0.717, 1.165) is 19.2 Å². The first-order valence-corrected chi connectivity index (χ1v) is 4.51. The van der Waals surface area contributed by atoms with Crippen molar-refractivity contribution in [2.75, 3.05) is 7.11 Å². The van der Waals surface area contributed by atoms with Gasteiger partial charge in [0.15, 0.2) is 0 Å². The molecule has 1 aromatic carbocycles. The van der Waals surface area contributed by atoms with E-state index in [0.29, 0.717) is 0 Å². The molecule has 0 unspecified atom stereocenters. The fraction of sp³-hybridized carbons (Fsp3) is 0.200. The quantitative estimate of drug-likeness (QED) is 0.469. The van der Waals surface area contributed by atoms with Crippen LogP contribution in [0.15, 0.2) is 12.1 Å². The molecule has 0 aliphatic rings. The first-order valence-electron chi connectivity index (χ1n) is 4.51. The number of ether oxygens (including phenoxy) is 1. The van der Waals surface area contributed by atoms with Gasteiger partial charge in [0.1, 0.15) is 5.56 Å². The van der Waals surface area contributed by atoms with Gasteiger partial charge < -0.3 is 4.74 Å². The van der Waals surface area contributed by atoms with E-state index in [9.17, 15) is 23.7 Å². The lowest BCUT2D eigenvalue weighted by atomic mass is 10.0. The van der Waals surface area contributed by atoms with E-state index in [1.807, 2.05) is 0 Å². The SMILES string of the molecule is COC(=O)c1c(C(F)F)cc(C#N)cc1[N+](=O)[O-]. The van der Waals surface area contributed by atoms with Crippen molar-refractivity contribution in [3.63, 3.8) is 0 Å². The van der Waals surface area contributed by atoms with Crippen LogP contribution in [0.3, 0.4) is 0 Å². The van der Waals surface area contributed by atoms with Gasteiger partial charge >= 0.3 is 5.97 Å². The Labute approximate surface area is 99.5 Å². The van der Waals surface area contributed by atoms with E-state index in [4.69, 9.17) is 5.26 Å². The van der Waals surface area contributed by atoms with Crippen molar-refractivity contribution >= 4 is 11.7 Å². The zero-order valence-electron chi connectivity index (χ0n) is 9.02. The molecule has 1 aromatic rings. The number of carbonyl (C=O) groups excluding carboxylic acids is 1. The Balaban J connectivity index is 3.67. The maximum Gasteiger partial charge on any atom is 0.345 e. The summed E-state index contributed by atoms with van der Waals surface area (Å²) in [6.07, 6.45) is -3.13. The van der Waals surface area contributed by atoms with Gasteiger partial charge in [-0.15, -0.1) is 0 Å². The first kappa shape index (κ1) is 13.5. The Kier molecular flexibility index (Phi) is 3.89. The van der Waals surface area contributed by atoms with Crippen molar-refractivity contribution in [3.8, 4) is 6.07 Å². The van der Waals surface area contributed by atoms with Gasteiger partial charge in [0.05, 0.1) is 23.7 Å². The summed E-state index contributed by atoms with van der Waals surface area (Å²) in [5.41, 5.74) is -2.94. The van der Waals surface area contributed by atoms with E-state index in [1.54, 1.807) is 0 Å². The minimum absolute atomic E-state index is 0.329. The normalized spacial score (nSPS) is 9.94. The third-order valence-electron chi connectivity index (χ3n) is 2.10. The van der Waals surface area contributed by atoms with Crippen molar-refractivity contribution in [2.45, 2.75) is 6.43 Å². The minimum atomic E-state index is -3.13. The van der Waals surface area contributed by atoms with Gasteiger partial charge in [-0.2, -0.15) is 5.26 Å². The zero-order chi connectivity index (χ0) is 13.9. The van der Waals surface area contributed by atoms with E-state index in [-0.39, 0.29) is 5.56 Å². The van der Waals surface area contributed by atoms with Crippen LogP contribution in [0.4, 0.5) is 14.5 Å². The number of nitrogens with zero attached hydrogens (tertiary/aromatic N) is 2. The number of nitro groups is 1. The highest BCUT2D eigenvalue weighted by atomic mass is 19.3. The van der Waals surface area contributed by atoms with Crippen LogP contribution in [-0.4, -0.2) is 18.0 Å². The average Bonchev–Trinajstić information content (AvgIpc) is 2.35. The molecular formula is C10H6F2N2O4. The molecule has 0 bridgehead atoms. The summed E-state index contributed by atoms with van der Waals surface area (Å²) in [4.78, 5) is 21.0. The second-order valence-corrected chi connectivity index (χ2v) is 3.12. The third kappa shape index (κ3) is 2.40. The lowest BCUT2D eigenvalue weighted by molar-refractivity contribution is -0.385. The van der Waals surface area contributed by atoms with Crippen LogP contribution >= 0.6 is 0 Å². The smallest absolute Gasteiger partial charge is 0.345 e. The molecule has 0 heterocycles. The van der Waals surface area contributed by atoms with Crippen molar-refractivity contribution in [1.82, 2.24) is 0 Å². The van der Waals surface area contributed by atoms with Gasteiger partial charge in [0, 0.05) is 11.6 Å². The predicted molar refractivity (Wildman–Crippen MR) is 54.1 cm³/mol. The number of methoxy groups -OCH3 is 1. The first-order chi connectivity index (χ1) is 8.42. The zero-order valence-corrected chi connectivity index (χ0v) is 9.02. The van der Waals surface area contributed by atoms with Gasteiger partial charge in [0.25, 0.3) is 12.1 Å². The van der Waals surface area contributed by atoms with Crippen LogP contribution in [0, 0.1) is 21.4 Å². The number of hydrogen-bond donors (Lipinski definition) is 0. The molecule has 0 spiro atoms. The summed E-state index contributed by atoms with van der Waals surface area (Å²) in [7, 11) is 0.916. The molecule has 0 aromatic heterocycles. The van der Waals surface area contributed by atoms with Crippen LogP contribution in [0.5, 0.6) is 0 Å². The summed E-state index contributed by atoms with van der Waals surface area (Å²) in [5.74, 6) is -1.25. The molecule has 0 saturated heterocycles. The molecule has 8 heteroatoms. The Morgan fingerprint density at radius 3 is 2.56 bits per heavy atom. The summed E-state index contributed by atoms with van der Waals surface area (Å²) < 4.78 is 29.7. The Bertz CT molecular complexity index is 552. The number of nitro benzene ring substituents is 1. The Hall–Kier alpha value is -2.56. The van der Waals surface area contributed by atoms with Gasteiger partial charge in [-0.25, -0.2) is 13.6 Å². The number of alkyl halides is 2. The fourth-order valence-corrected chi connectivity index (χ4v) is 1.35. The second kappa shape index (κ2) is 5.18. The topological polar surface area (TPSA) is 93.2 Å². The highest BCUT2D eigenvalue weighted by Gasteiger charge is 2.30. The highest BCUT2D eigenvalue weighted by Crippen LogP contribution is 2.31. The van der Waals surface area contributed by atoms with E-state index in [2.05, 4.69) is 4.74 Å². The maximum atomic E-state index is 12.7. The summed E-state index contributed by atoms with van der Waals surface area (Å²) >= 11 is 0. The number of halogens is 2.